The van der Waals surface area contributed by atoms with Crippen LogP contribution in [0.5, 0.6) is 0 Å². The summed E-state index contributed by atoms with van der Waals surface area (Å²) in [6.45, 7) is 8.17. The number of hydrogen-bond acceptors (Lipinski definition) is 2. The van der Waals surface area contributed by atoms with Crippen LogP contribution in [0.4, 0.5) is 0 Å². The van der Waals surface area contributed by atoms with E-state index in [0.29, 0.717) is 17.5 Å². The van der Waals surface area contributed by atoms with Gasteiger partial charge in [-0.1, -0.05) is 40.0 Å². The average molecular weight is 226 g/mol. The van der Waals surface area contributed by atoms with E-state index in [-0.39, 0.29) is 0 Å². The molecule has 0 aliphatic heterocycles. The van der Waals surface area contributed by atoms with Gasteiger partial charge >= 0.3 is 0 Å². The maximum absolute atomic E-state index is 5.92. The van der Waals surface area contributed by atoms with Crippen molar-refractivity contribution >= 4 is 0 Å². The molecule has 0 amide bonds. The van der Waals surface area contributed by atoms with Crippen LogP contribution in [-0.2, 0) is 0 Å². The standard InChI is InChI=1S/C14H30N2/c1-4-5-6-9-14(2,3)11-16-13-8-7-12(15)10-13/h12-13,16H,4-11,15H2,1-3H3. The van der Waals surface area contributed by atoms with Gasteiger partial charge in [0.2, 0.25) is 0 Å². The SMILES string of the molecule is CCCCCC(C)(C)CNC1CCC(N)C1. The van der Waals surface area contributed by atoms with Crippen molar-refractivity contribution in [3.05, 3.63) is 0 Å². The Bertz CT molecular complexity index is 189. The topological polar surface area (TPSA) is 38.0 Å². The molecule has 0 spiro atoms. The number of hydrogen-bond donors (Lipinski definition) is 2. The second kappa shape index (κ2) is 6.61. The normalized spacial score (nSPS) is 26.2. The first-order chi connectivity index (χ1) is 7.53. The molecule has 2 nitrogen and oxygen atoms in total. The largest absolute Gasteiger partial charge is 0.328 e. The molecule has 96 valence electrons. The summed E-state index contributed by atoms with van der Waals surface area (Å²) in [6, 6.07) is 1.13. The third kappa shape index (κ3) is 5.31. The van der Waals surface area contributed by atoms with Crippen LogP contribution in [0.3, 0.4) is 0 Å². The van der Waals surface area contributed by atoms with Crippen molar-refractivity contribution in [2.75, 3.05) is 6.54 Å². The predicted octanol–water partition coefficient (Wildman–Crippen LogP) is 3.06. The lowest BCUT2D eigenvalue weighted by Gasteiger charge is -2.27. The molecule has 1 saturated carbocycles. The molecule has 3 N–H and O–H groups in total. The van der Waals surface area contributed by atoms with Gasteiger partial charge in [-0.25, -0.2) is 0 Å². The van der Waals surface area contributed by atoms with Crippen molar-refractivity contribution in [1.82, 2.24) is 5.32 Å². The summed E-state index contributed by atoms with van der Waals surface area (Å²) in [5.41, 5.74) is 6.37. The molecule has 1 aliphatic carbocycles. The molecule has 0 heterocycles. The van der Waals surface area contributed by atoms with Crippen LogP contribution in [-0.4, -0.2) is 18.6 Å². The summed E-state index contributed by atoms with van der Waals surface area (Å²) < 4.78 is 0. The molecule has 0 bridgehead atoms. The average Bonchev–Trinajstić information content (AvgIpc) is 2.62. The number of nitrogens with one attached hydrogen (secondary N) is 1. The highest BCUT2D eigenvalue weighted by Crippen LogP contribution is 2.24. The van der Waals surface area contributed by atoms with Gasteiger partial charge < -0.3 is 11.1 Å². The van der Waals surface area contributed by atoms with E-state index in [2.05, 4.69) is 26.1 Å². The summed E-state index contributed by atoms with van der Waals surface area (Å²) in [7, 11) is 0. The molecule has 2 atom stereocenters. The van der Waals surface area contributed by atoms with E-state index < -0.39 is 0 Å². The first kappa shape index (κ1) is 14.0. The maximum Gasteiger partial charge on any atom is 0.00825 e. The minimum Gasteiger partial charge on any atom is -0.328 e. The molecule has 2 unspecified atom stereocenters. The Morgan fingerprint density at radius 1 is 1.25 bits per heavy atom. The van der Waals surface area contributed by atoms with Crippen molar-refractivity contribution in [3.8, 4) is 0 Å². The van der Waals surface area contributed by atoms with Crippen molar-refractivity contribution in [2.45, 2.75) is 77.8 Å². The molecule has 1 aliphatic rings. The fraction of sp³-hybridized carbons (Fsp3) is 1.00. The van der Waals surface area contributed by atoms with Crippen LogP contribution in [0.15, 0.2) is 0 Å². The molecule has 1 fully saturated rings. The monoisotopic (exact) mass is 226 g/mol. The first-order valence-corrected chi connectivity index (χ1v) is 7.02. The molecule has 1 rings (SSSR count). The molecule has 0 aromatic carbocycles. The van der Waals surface area contributed by atoms with E-state index in [9.17, 15) is 0 Å². The van der Waals surface area contributed by atoms with E-state index in [1.807, 2.05) is 0 Å². The van der Waals surface area contributed by atoms with Gasteiger partial charge in [0.05, 0.1) is 0 Å². The minimum atomic E-state index is 0.445. The Hall–Kier alpha value is -0.0800. The molecule has 16 heavy (non-hydrogen) atoms. The zero-order chi connectivity index (χ0) is 12.0. The van der Waals surface area contributed by atoms with Crippen molar-refractivity contribution in [1.29, 1.82) is 0 Å². The van der Waals surface area contributed by atoms with E-state index in [0.717, 1.165) is 6.54 Å². The second-order valence-electron chi connectivity index (χ2n) is 6.27. The quantitative estimate of drug-likeness (QED) is 0.655. The van der Waals surface area contributed by atoms with E-state index in [1.54, 1.807) is 0 Å². The molecule has 0 saturated heterocycles. The van der Waals surface area contributed by atoms with Crippen LogP contribution in [0.25, 0.3) is 0 Å². The summed E-state index contributed by atoms with van der Waals surface area (Å²) in [6.07, 6.45) is 9.05. The van der Waals surface area contributed by atoms with E-state index in [1.165, 1.54) is 44.9 Å². The molecule has 0 aromatic rings. The van der Waals surface area contributed by atoms with E-state index >= 15 is 0 Å². The molecular weight excluding hydrogens is 196 g/mol. The van der Waals surface area contributed by atoms with Crippen molar-refractivity contribution in [3.63, 3.8) is 0 Å². The Morgan fingerprint density at radius 3 is 2.56 bits per heavy atom. The summed E-state index contributed by atoms with van der Waals surface area (Å²) >= 11 is 0. The fourth-order valence-electron chi connectivity index (χ4n) is 2.56. The summed E-state index contributed by atoms with van der Waals surface area (Å²) in [5, 5.41) is 3.70. The van der Waals surface area contributed by atoms with Crippen LogP contribution in [0, 0.1) is 5.41 Å². The fourth-order valence-corrected chi connectivity index (χ4v) is 2.56. The third-order valence-electron chi connectivity index (χ3n) is 3.80. The van der Waals surface area contributed by atoms with Gasteiger partial charge in [-0.05, 0) is 31.1 Å². The van der Waals surface area contributed by atoms with Crippen LogP contribution in [0.1, 0.15) is 65.7 Å². The molecule has 0 radical (unpaired) electrons. The Morgan fingerprint density at radius 2 is 2.00 bits per heavy atom. The van der Waals surface area contributed by atoms with Crippen LogP contribution in [0.2, 0.25) is 0 Å². The predicted molar refractivity (Wildman–Crippen MR) is 71.5 cm³/mol. The lowest BCUT2D eigenvalue weighted by molar-refractivity contribution is 0.286. The highest BCUT2D eigenvalue weighted by Gasteiger charge is 2.24. The highest BCUT2D eigenvalue weighted by molar-refractivity contribution is 4.84. The van der Waals surface area contributed by atoms with Gasteiger partial charge in [-0.2, -0.15) is 0 Å². The second-order valence-corrected chi connectivity index (χ2v) is 6.27. The Kier molecular flexibility index (Phi) is 5.77. The van der Waals surface area contributed by atoms with Crippen molar-refractivity contribution < 1.29 is 0 Å². The maximum atomic E-state index is 5.92. The van der Waals surface area contributed by atoms with Gasteiger partial charge in [0.1, 0.15) is 0 Å². The van der Waals surface area contributed by atoms with Crippen LogP contribution < -0.4 is 11.1 Å². The Labute approximate surface area is 101 Å². The van der Waals surface area contributed by atoms with Gasteiger partial charge in [0.15, 0.2) is 0 Å². The van der Waals surface area contributed by atoms with Gasteiger partial charge in [-0.15, -0.1) is 0 Å². The number of rotatable bonds is 7. The molecule has 2 heteroatoms. The third-order valence-corrected chi connectivity index (χ3v) is 3.80. The lowest BCUT2D eigenvalue weighted by Crippen LogP contribution is -2.36. The van der Waals surface area contributed by atoms with Gasteiger partial charge in [0.25, 0.3) is 0 Å². The van der Waals surface area contributed by atoms with Crippen LogP contribution >= 0.6 is 0 Å². The minimum absolute atomic E-state index is 0.445. The molecular formula is C14H30N2. The lowest BCUT2D eigenvalue weighted by atomic mass is 9.86. The zero-order valence-corrected chi connectivity index (χ0v) is 11.4. The summed E-state index contributed by atoms with van der Waals surface area (Å²) in [4.78, 5) is 0. The Balaban J connectivity index is 2.14. The number of unbranched alkanes of at least 4 members (excludes halogenated alkanes) is 2. The highest BCUT2D eigenvalue weighted by atomic mass is 14.9. The smallest absolute Gasteiger partial charge is 0.00825 e. The summed E-state index contributed by atoms with van der Waals surface area (Å²) in [5.74, 6) is 0. The molecule has 0 aromatic heterocycles. The van der Waals surface area contributed by atoms with Gasteiger partial charge in [0, 0.05) is 18.6 Å². The number of nitrogens with two attached hydrogens (primary N) is 1. The van der Waals surface area contributed by atoms with Gasteiger partial charge in [-0.3, -0.25) is 0 Å². The van der Waals surface area contributed by atoms with Crippen molar-refractivity contribution in [2.24, 2.45) is 11.1 Å². The first-order valence-electron chi connectivity index (χ1n) is 7.02. The zero-order valence-electron chi connectivity index (χ0n) is 11.4. The van der Waals surface area contributed by atoms with E-state index in [4.69, 9.17) is 5.73 Å².